The molecule has 2 heterocycles. The summed E-state index contributed by atoms with van der Waals surface area (Å²) in [5.74, 6) is 1.02. The van der Waals surface area contributed by atoms with Gasteiger partial charge in [-0.2, -0.15) is 0 Å². The van der Waals surface area contributed by atoms with E-state index >= 15 is 0 Å². The highest BCUT2D eigenvalue weighted by Crippen LogP contribution is 2.25. The Morgan fingerprint density at radius 2 is 2.29 bits per heavy atom. The summed E-state index contributed by atoms with van der Waals surface area (Å²) in [5.41, 5.74) is 0.0256. The fourth-order valence-corrected chi connectivity index (χ4v) is 2.53. The first kappa shape index (κ1) is 15.5. The molecule has 2 rings (SSSR count). The average Bonchev–Trinajstić information content (AvgIpc) is 2.88. The number of likely N-dealkylation sites (N-methyl/N-ethyl adjacent to an activating group) is 1. The highest BCUT2D eigenvalue weighted by atomic mass is 16.6. The van der Waals surface area contributed by atoms with Crippen molar-refractivity contribution in [3.63, 3.8) is 0 Å². The van der Waals surface area contributed by atoms with Gasteiger partial charge in [-0.15, -0.1) is 0 Å². The van der Waals surface area contributed by atoms with Crippen LogP contribution in [-0.2, 0) is 0 Å². The summed E-state index contributed by atoms with van der Waals surface area (Å²) in [5, 5.41) is 17.4. The number of rotatable bonds is 7. The monoisotopic (exact) mass is 293 g/mol. The second-order valence-corrected chi connectivity index (χ2v) is 5.41. The first-order chi connectivity index (χ1) is 10.1. The predicted octanol–water partition coefficient (Wildman–Crippen LogP) is 2.32. The highest BCUT2D eigenvalue weighted by molar-refractivity contribution is 5.60. The Morgan fingerprint density at radius 1 is 1.48 bits per heavy atom. The predicted molar refractivity (Wildman–Crippen MR) is 83.8 cm³/mol. The SMILES string of the molecule is CCCNc1ccc([N+](=O)[O-])c(NCC2CCCN2C)n1. The lowest BCUT2D eigenvalue weighted by Gasteiger charge is -2.20. The topological polar surface area (TPSA) is 83.3 Å². The number of nitrogens with zero attached hydrogens (tertiary/aromatic N) is 3. The standard InChI is InChI=1S/C14H23N5O2/c1-3-8-15-13-7-6-12(19(20)21)14(17-13)16-10-11-5-4-9-18(11)2/h6-7,11H,3-5,8-10H2,1-2H3,(H2,15,16,17). The van der Waals surface area contributed by atoms with Crippen LogP contribution in [-0.4, -0.2) is 47.5 Å². The summed E-state index contributed by atoms with van der Waals surface area (Å²) < 4.78 is 0. The van der Waals surface area contributed by atoms with Crippen LogP contribution in [0, 0.1) is 10.1 Å². The molecule has 0 aromatic carbocycles. The fraction of sp³-hybridized carbons (Fsp3) is 0.643. The third-order valence-electron chi connectivity index (χ3n) is 3.80. The molecule has 0 spiro atoms. The number of aromatic nitrogens is 1. The molecule has 0 radical (unpaired) electrons. The normalized spacial score (nSPS) is 18.7. The number of anilines is 2. The van der Waals surface area contributed by atoms with Crippen LogP contribution >= 0.6 is 0 Å². The Kier molecular flexibility index (Phi) is 5.32. The van der Waals surface area contributed by atoms with Gasteiger partial charge in [-0.1, -0.05) is 6.92 Å². The van der Waals surface area contributed by atoms with Crippen LogP contribution in [0.25, 0.3) is 0 Å². The van der Waals surface area contributed by atoms with Gasteiger partial charge in [0.15, 0.2) is 0 Å². The molecular formula is C14H23N5O2. The van der Waals surface area contributed by atoms with Gasteiger partial charge in [0.2, 0.25) is 5.82 Å². The molecule has 1 aliphatic heterocycles. The van der Waals surface area contributed by atoms with E-state index in [-0.39, 0.29) is 5.69 Å². The van der Waals surface area contributed by atoms with Crippen molar-refractivity contribution in [1.29, 1.82) is 0 Å². The van der Waals surface area contributed by atoms with Gasteiger partial charge in [-0.25, -0.2) is 4.98 Å². The molecule has 21 heavy (non-hydrogen) atoms. The molecule has 2 N–H and O–H groups in total. The van der Waals surface area contributed by atoms with Crippen molar-refractivity contribution in [2.24, 2.45) is 0 Å². The molecule has 0 bridgehead atoms. The summed E-state index contributed by atoms with van der Waals surface area (Å²) in [7, 11) is 2.08. The molecule has 1 aromatic rings. The number of nitrogens with one attached hydrogen (secondary N) is 2. The fourth-order valence-electron chi connectivity index (χ4n) is 2.53. The summed E-state index contributed by atoms with van der Waals surface area (Å²) in [4.78, 5) is 17.3. The second kappa shape index (κ2) is 7.21. The van der Waals surface area contributed by atoms with Crippen LogP contribution in [0.5, 0.6) is 0 Å². The van der Waals surface area contributed by atoms with E-state index < -0.39 is 4.92 Å². The zero-order valence-electron chi connectivity index (χ0n) is 12.6. The third kappa shape index (κ3) is 4.04. The minimum atomic E-state index is -0.392. The molecule has 7 heteroatoms. The summed E-state index contributed by atoms with van der Waals surface area (Å²) in [6, 6.07) is 3.57. The Morgan fingerprint density at radius 3 is 2.90 bits per heavy atom. The van der Waals surface area contributed by atoms with E-state index in [0.29, 0.717) is 24.2 Å². The van der Waals surface area contributed by atoms with Gasteiger partial charge in [0.25, 0.3) is 0 Å². The van der Waals surface area contributed by atoms with Gasteiger partial charge in [0.1, 0.15) is 5.82 Å². The van der Waals surface area contributed by atoms with E-state index in [1.807, 2.05) is 0 Å². The third-order valence-corrected chi connectivity index (χ3v) is 3.80. The van der Waals surface area contributed by atoms with Crippen molar-refractivity contribution in [3.8, 4) is 0 Å². The number of likely N-dealkylation sites (tertiary alicyclic amines) is 1. The Bertz CT molecular complexity index is 494. The van der Waals surface area contributed by atoms with Crippen LogP contribution in [0.15, 0.2) is 12.1 Å². The van der Waals surface area contributed by atoms with Gasteiger partial charge in [-0.3, -0.25) is 10.1 Å². The Balaban J connectivity index is 2.08. The maximum atomic E-state index is 11.1. The van der Waals surface area contributed by atoms with Crippen molar-refractivity contribution in [1.82, 2.24) is 9.88 Å². The molecule has 1 atom stereocenters. The lowest BCUT2D eigenvalue weighted by Crippen LogP contribution is -2.31. The Labute approximate surface area is 124 Å². The van der Waals surface area contributed by atoms with Crippen molar-refractivity contribution in [2.75, 3.05) is 37.3 Å². The molecule has 1 unspecified atom stereocenters. The largest absolute Gasteiger partial charge is 0.370 e. The second-order valence-electron chi connectivity index (χ2n) is 5.41. The van der Waals surface area contributed by atoms with Crippen molar-refractivity contribution in [2.45, 2.75) is 32.2 Å². The molecule has 1 aromatic heterocycles. The van der Waals surface area contributed by atoms with Gasteiger partial charge in [-0.05, 0) is 38.9 Å². The van der Waals surface area contributed by atoms with Gasteiger partial charge >= 0.3 is 5.69 Å². The van der Waals surface area contributed by atoms with E-state index in [9.17, 15) is 10.1 Å². The minimum Gasteiger partial charge on any atom is -0.370 e. The smallest absolute Gasteiger partial charge is 0.311 e. The first-order valence-corrected chi connectivity index (χ1v) is 7.45. The number of pyridine rings is 1. The van der Waals surface area contributed by atoms with E-state index in [0.717, 1.165) is 25.9 Å². The summed E-state index contributed by atoms with van der Waals surface area (Å²) in [6.07, 6.45) is 3.27. The van der Waals surface area contributed by atoms with Crippen LogP contribution in [0.4, 0.5) is 17.3 Å². The molecule has 1 saturated heterocycles. The molecule has 7 nitrogen and oxygen atoms in total. The molecule has 1 fully saturated rings. The Hall–Kier alpha value is -1.89. The number of hydrogen-bond acceptors (Lipinski definition) is 6. The molecule has 1 aliphatic rings. The summed E-state index contributed by atoms with van der Waals surface area (Å²) in [6.45, 7) is 4.63. The zero-order valence-corrected chi connectivity index (χ0v) is 12.6. The lowest BCUT2D eigenvalue weighted by atomic mass is 10.2. The molecule has 116 valence electrons. The van der Waals surface area contributed by atoms with Crippen LogP contribution in [0.1, 0.15) is 26.2 Å². The zero-order chi connectivity index (χ0) is 15.2. The van der Waals surface area contributed by atoms with E-state index in [1.54, 1.807) is 6.07 Å². The van der Waals surface area contributed by atoms with Crippen molar-refractivity contribution < 1.29 is 4.92 Å². The first-order valence-electron chi connectivity index (χ1n) is 7.45. The van der Waals surface area contributed by atoms with Gasteiger partial charge in [0.05, 0.1) is 4.92 Å². The van der Waals surface area contributed by atoms with Crippen molar-refractivity contribution in [3.05, 3.63) is 22.2 Å². The maximum Gasteiger partial charge on any atom is 0.311 e. The van der Waals surface area contributed by atoms with Gasteiger partial charge in [0, 0.05) is 25.2 Å². The van der Waals surface area contributed by atoms with Gasteiger partial charge < -0.3 is 15.5 Å². The molecular weight excluding hydrogens is 270 g/mol. The molecule has 0 saturated carbocycles. The van der Waals surface area contributed by atoms with Crippen LogP contribution in [0.3, 0.4) is 0 Å². The van der Waals surface area contributed by atoms with E-state index in [4.69, 9.17) is 0 Å². The number of nitro groups is 1. The molecule has 0 aliphatic carbocycles. The van der Waals surface area contributed by atoms with Crippen molar-refractivity contribution >= 4 is 17.3 Å². The van der Waals surface area contributed by atoms with E-state index in [2.05, 4.69) is 34.5 Å². The average molecular weight is 293 g/mol. The van der Waals surface area contributed by atoms with Crippen LogP contribution < -0.4 is 10.6 Å². The van der Waals surface area contributed by atoms with E-state index in [1.165, 1.54) is 12.5 Å². The summed E-state index contributed by atoms with van der Waals surface area (Å²) >= 11 is 0. The van der Waals surface area contributed by atoms with Crippen LogP contribution in [0.2, 0.25) is 0 Å². The molecule has 0 amide bonds. The lowest BCUT2D eigenvalue weighted by molar-refractivity contribution is -0.384. The number of hydrogen-bond donors (Lipinski definition) is 2. The quantitative estimate of drug-likeness (QED) is 0.593. The highest BCUT2D eigenvalue weighted by Gasteiger charge is 2.22. The maximum absolute atomic E-state index is 11.1. The minimum absolute atomic E-state index is 0.0256.